The normalized spacial score (nSPS) is 31.3. The molecule has 32 heavy (non-hydrogen) atoms. The van der Waals surface area contributed by atoms with Gasteiger partial charge in [-0.25, -0.2) is 0 Å². The summed E-state index contributed by atoms with van der Waals surface area (Å²) in [5, 5.41) is 13.4. The molecule has 160 valence electrons. The van der Waals surface area contributed by atoms with E-state index in [1.165, 1.54) is 29.2 Å². The van der Waals surface area contributed by atoms with E-state index in [1.54, 1.807) is 24.3 Å². The molecule has 6 atom stereocenters. The van der Waals surface area contributed by atoms with Gasteiger partial charge in [0.25, 0.3) is 11.6 Å². The van der Waals surface area contributed by atoms with Gasteiger partial charge in [-0.2, -0.15) is 0 Å². The third kappa shape index (κ3) is 2.65. The maximum Gasteiger partial charge on any atom is 0.269 e. The van der Waals surface area contributed by atoms with E-state index in [0.29, 0.717) is 28.8 Å². The first-order valence-corrected chi connectivity index (χ1v) is 10.7. The van der Waals surface area contributed by atoms with Crippen molar-refractivity contribution in [2.75, 3.05) is 10.2 Å². The molecule has 2 saturated carbocycles. The second-order valence-corrected chi connectivity index (χ2v) is 8.97. The number of hydrogen-bond acceptors (Lipinski definition) is 5. The van der Waals surface area contributed by atoms with Crippen molar-refractivity contribution in [3.05, 3.63) is 76.4 Å². The number of nitrogens with one attached hydrogen (secondary N) is 1. The standard InChI is InChI=1S/C24H19N3O5/c28-22(25-13-3-7-15(8-4-13)27(31)32)12-1-5-14(6-2-12)26-23(29)20-16-9-10-17(19-11-18(16)19)21(20)24(26)30/h1-10,16-21H,11H2,(H,25,28)/t16-,17+,18-,19-,20+,21+/m1/s1. The molecular weight excluding hydrogens is 410 g/mol. The van der Waals surface area contributed by atoms with Crippen molar-refractivity contribution in [1.82, 2.24) is 0 Å². The van der Waals surface area contributed by atoms with Crippen LogP contribution >= 0.6 is 0 Å². The number of allylic oxidation sites excluding steroid dienone is 2. The number of nitrogens with zero attached hydrogens (tertiary/aromatic N) is 2. The lowest BCUT2D eigenvalue weighted by atomic mass is 9.63. The van der Waals surface area contributed by atoms with E-state index in [-0.39, 0.29) is 47.1 Å². The number of benzene rings is 2. The summed E-state index contributed by atoms with van der Waals surface area (Å²) >= 11 is 0. The zero-order valence-electron chi connectivity index (χ0n) is 16.9. The minimum absolute atomic E-state index is 0.0613. The van der Waals surface area contributed by atoms with Gasteiger partial charge < -0.3 is 5.32 Å². The Kier molecular flexibility index (Phi) is 3.90. The molecule has 5 aliphatic rings. The zero-order chi connectivity index (χ0) is 22.1. The Bertz CT molecular complexity index is 1170. The molecule has 1 aliphatic heterocycles. The largest absolute Gasteiger partial charge is 0.322 e. The van der Waals surface area contributed by atoms with Crippen LogP contribution < -0.4 is 10.2 Å². The second kappa shape index (κ2) is 6.59. The van der Waals surface area contributed by atoms with Crippen molar-refractivity contribution in [2.24, 2.45) is 35.5 Å². The predicted octanol–water partition coefficient (Wildman–Crippen LogP) is 3.40. The Balaban J connectivity index is 1.19. The Hall–Kier alpha value is -3.81. The highest BCUT2D eigenvalue weighted by molar-refractivity contribution is 6.22. The molecule has 8 heteroatoms. The number of carbonyl (C=O) groups is 3. The molecule has 4 aliphatic carbocycles. The van der Waals surface area contributed by atoms with Gasteiger partial charge in [-0.1, -0.05) is 12.2 Å². The van der Waals surface area contributed by atoms with Gasteiger partial charge in [0.1, 0.15) is 0 Å². The molecule has 1 saturated heterocycles. The third-order valence-electron chi connectivity index (χ3n) is 7.39. The first kappa shape index (κ1) is 18.9. The number of rotatable bonds is 4. The van der Waals surface area contributed by atoms with E-state index in [4.69, 9.17) is 0 Å². The molecule has 0 radical (unpaired) electrons. The Morgan fingerprint density at radius 3 is 2.00 bits per heavy atom. The lowest BCUT2D eigenvalue weighted by molar-refractivity contribution is -0.384. The molecule has 0 spiro atoms. The van der Waals surface area contributed by atoms with Crippen LogP contribution in [0.15, 0.2) is 60.7 Å². The summed E-state index contributed by atoms with van der Waals surface area (Å²) in [5.41, 5.74) is 1.20. The first-order valence-electron chi connectivity index (χ1n) is 10.7. The van der Waals surface area contributed by atoms with E-state index < -0.39 is 4.92 Å². The first-order chi connectivity index (χ1) is 15.4. The van der Waals surface area contributed by atoms with Crippen LogP contribution in [0.5, 0.6) is 0 Å². The fraction of sp³-hybridized carbons (Fsp3) is 0.292. The molecule has 1 heterocycles. The van der Waals surface area contributed by atoms with Crippen LogP contribution in [0, 0.1) is 45.6 Å². The number of carbonyl (C=O) groups excluding carboxylic acids is 3. The van der Waals surface area contributed by atoms with Gasteiger partial charge in [-0.3, -0.25) is 29.4 Å². The van der Waals surface area contributed by atoms with Gasteiger partial charge >= 0.3 is 0 Å². The summed E-state index contributed by atoms with van der Waals surface area (Å²) in [5.74, 6) is 0.270. The second-order valence-electron chi connectivity index (χ2n) is 8.97. The molecular formula is C24H19N3O5. The van der Waals surface area contributed by atoms with Gasteiger partial charge in [-0.15, -0.1) is 0 Å². The van der Waals surface area contributed by atoms with Crippen LogP contribution in [0.3, 0.4) is 0 Å². The molecule has 2 bridgehead atoms. The molecule has 3 amide bonds. The third-order valence-corrected chi connectivity index (χ3v) is 7.39. The van der Waals surface area contributed by atoms with Crippen LogP contribution in [0.25, 0.3) is 0 Å². The van der Waals surface area contributed by atoms with E-state index in [0.717, 1.165) is 6.42 Å². The Morgan fingerprint density at radius 1 is 0.906 bits per heavy atom. The van der Waals surface area contributed by atoms with Crippen molar-refractivity contribution >= 4 is 34.8 Å². The van der Waals surface area contributed by atoms with E-state index >= 15 is 0 Å². The van der Waals surface area contributed by atoms with Crippen LogP contribution in [0.4, 0.5) is 17.1 Å². The number of nitro benzene ring substituents is 1. The quantitative estimate of drug-likeness (QED) is 0.347. The lowest BCUT2D eigenvalue weighted by Crippen LogP contribution is -2.40. The van der Waals surface area contributed by atoms with Crippen LogP contribution in [0.2, 0.25) is 0 Å². The summed E-state index contributed by atoms with van der Waals surface area (Å²) in [6, 6.07) is 11.9. The topological polar surface area (TPSA) is 110 Å². The van der Waals surface area contributed by atoms with Gasteiger partial charge in [-0.05, 0) is 66.5 Å². The summed E-state index contributed by atoms with van der Waals surface area (Å²) < 4.78 is 0. The minimum Gasteiger partial charge on any atom is -0.322 e. The number of non-ortho nitro benzene ring substituents is 1. The smallest absolute Gasteiger partial charge is 0.269 e. The maximum atomic E-state index is 13.2. The lowest BCUT2D eigenvalue weighted by Gasteiger charge is -2.37. The SMILES string of the molecule is O=C(Nc1ccc([N+](=O)[O-])cc1)c1ccc(N2C(=O)[C@H]3[C@@H]4C=C[C@@H]([C@H]5C[C@H]45)[C@@H]3C2=O)cc1. The zero-order valence-corrected chi connectivity index (χ0v) is 16.9. The Labute approximate surface area is 183 Å². The number of imide groups is 1. The highest BCUT2D eigenvalue weighted by Gasteiger charge is 2.67. The summed E-state index contributed by atoms with van der Waals surface area (Å²) in [6.45, 7) is 0. The maximum absolute atomic E-state index is 13.2. The van der Waals surface area contributed by atoms with Gasteiger partial charge in [0, 0.05) is 23.4 Å². The van der Waals surface area contributed by atoms with Crippen LogP contribution in [0.1, 0.15) is 16.8 Å². The average Bonchev–Trinajstić information content (AvgIpc) is 3.58. The van der Waals surface area contributed by atoms with Crippen molar-refractivity contribution in [3.8, 4) is 0 Å². The molecule has 2 aromatic carbocycles. The van der Waals surface area contributed by atoms with Crippen LogP contribution in [-0.2, 0) is 9.59 Å². The number of nitro groups is 1. The fourth-order valence-corrected chi connectivity index (χ4v) is 5.84. The highest BCUT2D eigenvalue weighted by Crippen LogP contribution is 2.65. The molecule has 8 nitrogen and oxygen atoms in total. The summed E-state index contributed by atoms with van der Waals surface area (Å²) in [7, 11) is 0. The molecule has 0 unspecified atom stereocenters. The van der Waals surface area contributed by atoms with E-state index in [9.17, 15) is 24.5 Å². The van der Waals surface area contributed by atoms with Crippen molar-refractivity contribution in [3.63, 3.8) is 0 Å². The molecule has 3 fully saturated rings. The van der Waals surface area contributed by atoms with E-state index in [2.05, 4.69) is 17.5 Å². The predicted molar refractivity (Wildman–Crippen MR) is 115 cm³/mol. The Morgan fingerprint density at radius 2 is 1.47 bits per heavy atom. The van der Waals surface area contributed by atoms with Crippen molar-refractivity contribution in [1.29, 1.82) is 0 Å². The number of amides is 3. The minimum atomic E-state index is -0.508. The van der Waals surface area contributed by atoms with Crippen molar-refractivity contribution < 1.29 is 19.3 Å². The van der Waals surface area contributed by atoms with Gasteiger partial charge in [0.15, 0.2) is 0 Å². The fourth-order valence-electron chi connectivity index (χ4n) is 5.84. The van der Waals surface area contributed by atoms with E-state index in [1.807, 2.05) is 0 Å². The molecule has 7 rings (SSSR count). The summed E-state index contributed by atoms with van der Waals surface area (Å²) in [4.78, 5) is 50.4. The molecule has 0 aromatic heterocycles. The molecule has 2 aromatic rings. The average molecular weight is 429 g/mol. The highest BCUT2D eigenvalue weighted by atomic mass is 16.6. The molecule has 1 N–H and O–H groups in total. The van der Waals surface area contributed by atoms with Gasteiger partial charge in [0.2, 0.25) is 11.8 Å². The number of hydrogen-bond donors (Lipinski definition) is 1. The number of anilines is 2. The monoisotopic (exact) mass is 429 g/mol. The van der Waals surface area contributed by atoms with Gasteiger partial charge in [0.05, 0.1) is 22.4 Å². The van der Waals surface area contributed by atoms with Crippen LogP contribution in [-0.4, -0.2) is 22.6 Å². The summed E-state index contributed by atoms with van der Waals surface area (Å²) in [6.07, 6.45) is 5.40. The van der Waals surface area contributed by atoms with Crippen molar-refractivity contribution in [2.45, 2.75) is 6.42 Å².